The smallest absolute Gasteiger partial charge is 0.129 e. The molecule has 1 unspecified atom stereocenters. The first-order valence-corrected chi connectivity index (χ1v) is 7.63. The minimum absolute atomic E-state index is 0.376. The van der Waals surface area contributed by atoms with Crippen LogP contribution in [0.15, 0.2) is 28.9 Å². The molecule has 1 atom stereocenters. The number of furan rings is 1. The van der Waals surface area contributed by atoms with Crippen molar-refractivity contribution in [2.45, 2.75) is 45.5 Å². The van der Waals surface area contributed by atoms with E-state index in [-0.39, 0.29) is 0 Å². The van der Waals surface area contributed by atoms with Crippen LogP contribution in [0.2, 0.25) is 0 Å². The third-order valence-corrected chi connectivity index (χ3v) is 4.06. The van der Waals surface area contributed by atoms with Gasteiger partial charge in [-0.2, -0.15) is 5.10 Å². The van der Waals surface area contributed by atoms with Crippen LogP contribution in [-0.4, -0.2) is 28.3 Å². The lowest BCUT2D eigenvalue weighted by atomic mass is 10.1. The van der Waals surface area contributed by atoms with Gasteiger partial charge in [-0.1, -0.05) is 0 Å². The van der Waals surface area contributed by atoms with E-state index in [4.69, 9.17) is 9.15 Å². The van der Waals surface area contributed by atoms with Crippen molar-refractivity contribution in [3.63, 3.8) is 0 Å². The normalized spacial score (nSPS) is 19.4. The lowest BCUT2D eigenvalue weighted by Crippen LogP contribution is -2.22. The molecule has 5 nitrogen and oxygen atoms in total. The third-order valence-electron chi connectivity index (χ3n) is 4.06. The summed E-state index contributed by atoms with van der Waals surface area (Å²) in [6.45, 7) is 5.61. The largest absolute Gasteiger partial charge is 0.462 e. The second kappa shape index (κ2) is 6.45. The molecule has 0 N–H and O–H groups in total. The zero-order valence-corrected chi connectivity index (χ0v) is 12.8. The number of aryl methyl sites for hydroxylation is 1. The van der Waals surface area contributed by atoms with Gasteiger partial charge in [-0.25, -0.2) is 0 Å². The van der Waals surface area contributed by atoms with E-state index in [0.29, 0.717) is 12.6 Å². The first-order valence-electron chi connectivity index (χ1n) is 7.63. The Labute approximate surface area is 125 Å². The molecule has 114 valence electrons. The highest BCUT2D eigenvalue weighted by molar-refractivity contribution is 5.13. The van der Waals surface area contributed by atoms with Crippen molar-refractivity contribution in [1.29, 1.82) is 0 Å². The van der Waals surface area contributed by atoms with Crippen LogP contribution < -0.4 is 0 Å². The van der Waals surface area contributed by atoms with E-state index in [0.717, 1.165) is 37.6 Å². The molecule has 3 heterocycles. The average molecular weight is 289 g/mol. The number of nitrogens with zero attached hydrogens (tertiary/aromatic N) is 3. The first-order chi connectivity index (χ1) is 10.3. The van der Waals surface area contributed by atoms with Crippen LogP contribution in [-0.2, 0) is 24.4 Å². The summed E-state index contributed by atoms with van der Waals surface area (Å²) in [7, 11) is 1.69. The molecule has 0 bridgehead atoms. The first kappa shape index (κ1) is 14.4. The molecule has 2 aromatic rings. The maximum Gasteiger partial charge on any atom is 0.129 e. The molecule has 1 aliphatic heterocycles. The van der Waals surface area contributed by atoms with Gasteiger partial charge in [-0.05, 0) is 38.4 Å². The average Bonchev–Trinajstić information content (AvgIpc) is 3.20. The van der Waals surface area contributed by atoms with E-state index in [1.807, 2.05) is 16.9 Å². The number of ether oxygens (including phenoxy) is 1. The summed E-state index contributed by atoms with van der Waals surface area (Å²) in [6, 6.07) is 4.48. The molecule has 0 amide bonds. The number of hydrogen-bond acceptors (Lipinski definition) is 4. The monoisotopic (exact) mass is 289 g/mol. The Kier molecular flexibility index (Phi) is 4.41. The molecule has 5 heteroatoms. The van der Waals surface area contributed by atoms with Gasteiger partial charge in [0.05, 0.1) is 12.2 Å². The summed E-state index contributed by atoms with van der Waals surface area (Å²) in [6.07, 6.45) is 6.47. The van der Waals surface area contributed by atoms with Gasteiger partial charge in [0, 0.05) is 32.0 Å². The maximum atomic E-state index is 5.91. The van der Waals surface area contributed by atoms with Crippen LogP contribution in [0.1, 0.15) is 42.9 Å². The molecular formula is C16H23N3O2. The van der Waals surface area contributed by atoms with Gasteiger partial charge in [0.25, 0.3) is 0 Å². The standard InChI is InChI=1S/C16H23N3O2/c1-3-19-11-13(9-17-19)10-18-8-4-5-15(18)16-7-6-14(21-16)12-20-2/h6-7,9,11,15H,3-5,8,10,12H2,1-2H3. The maximum absolute atomic E-state index is 5.91. The number of rotatable bonds is 6. The predicted octanol–water partition coefficient (Wildman–Crippen LogP) is 2.98. The Bertz CT molecular complexity index is 576. The predicted molar refractivity (Wildman–Crippen MR) is 79.7 cm³/mol. The molecule has 1 saturated heterocycles. The number of methoxy groups -OCH3 is 1. The van der Waals surface area contributed by atoms with Gasteiger partial charge in [-0.3, -0.25) is 9.58 Å². The summed E-state index contributed by atoms with van der Waals surface area (Å²) >= 11 is 0. The van der Waals surface area contributed by atoms with E-state index in [2.05, 4.69) is 29.2 Å². The van der Waals surface area contributed by atoms with Gasteiger partial charge >= 0.3 is 0 Å². The molecule has 0 aliphatic carbocycles. The SMILES string of the molecule is CCn1cc(CN2CCCC2c2ccc(COC)o2)cn1. The summed E-state index contributed by atoms with van der Waals surface area (Å²) in [5, 5.41) is 4.35. The lowest BCUT2D eigenvalue weighted by molar-refractivity contribution is 0.155. The summed E-state index contributed by atoms with van der Waals surface area (Å²) < 4.78 is 13.0. The molecule has 3 rings (SSSR count). The fourth-order valence-corrected chi connectivity index (χ4v) is 3.03. The highest BCUT2D eigenvalue weighted by Gasteiger charge is 2.28. The van der Waals surface area contributed by atoms with Gasteiger partial charge in [0.2, 0.25) is 0 Å². The second-order valence-corrected chi connectivity index (χ2v) is 5.57. The number of hydrogen-bond donors (Lipinski definition) is 0. The fraction of sp³-hybridized carbons (Fsp3) is 0.562. The van der Waals surface area contributed by atoms with Gasteiger partial charge in [-0.15, -0.1) is 0 Å². The van der Waals surface area contributed by atoms with Crippen molar-refractivity contribution in [2.75, 3.05) is 13.7 Å². The van der Waals surface area contributed by atoms with Gasteiger partial charge < -0.3 is 9.15 Å². The molecule has 1 aliphatic rings. The van der Waals surface area contributed by atoms with Crippen molar-refractivity contribution in [3.05, 3.63) is 41.6 Å². The van der Waals surface area contributed by atoms with Crippen molar-refractivity contribution in [1.82, 2.24) is 14.7 Å². The van der Waals surface area contributed by atoms with Gasteiger partial charge in [0.1, 0.15) is 18.1 Å². The Morgan fingerprint density at radius 1 is 1.43 bits per heavy atom. The van der Waals surface area contributed by atoms with Crippen LogP contribution in [0.5, 0.6) is 0 Å². The van der Waals surface area contributed by atoms with E-state index in [1.54, 1.807) is 7.11 Å². The lowest BCUT2D eigenvalue weighted by Gasteiger charge is -2.22. The van der Waals surface area contributed by atoms with Gasteiger partial charge in [0.15, 0.2) is 0 Å². The topological polar surface area (TPSA) is 43.4 Å². The van der Waals surface area contributed by atoms with Crippen LogP contribution >= 0.6 is 0 Å². The third kappa shape index (κ3) is 3.19. The fourth-order valence-electron chi connectivity index (χ4n) is 3.03. The van der Waals surface area contributed by atoms with Crippen molar-refractivity contribution in [2.24, 2.45) is 0 Å². The molecule has 0 aromatic carbocycles. The van der Waals surface area contributed by atoms with Crippen molar-refractivity contribution < 1.29 is 9.15 Å². The molecule has 21 heavy (non-hydrogen) atoms. The second-order valence-electron chi connectivity index (χ2n) is 5.57. The van der Waals surface area contributed by atoms with Crippen molar-refractivity contribution >= 4 is 0 Å². The van der Waals surface area contributed by atoms with Crippen LogP contribution in [0.3, 0.4) is 0 Å². The van der Waals surface area contributed by atoms with Crippen molar-refractivity contribution in [3.8, 4) is 0 Å². The van der Waals surface area contributed by atoms with Crippen LogP contribution in [0.25, 0.3) is 0 Å². The summed E-state index contributed by atoms with van der Waals surface area (Å²) in [4.78, 5) is 2.48. The summed E-state index contributed by atoms with van der Waals surface area (Å²) in [5.41, 5.74) is 1.27. The zero-order chi connectivity index (χ0) is 14.7. The van der Waals surface area contributed by atoms with E-state index in [9.17, 15) is 0 Å². The Morgan fingerprint density at radius 3 is 3.10 bits per heavy atom. The van der Waals surface area contributed by atoms with Crippen LogP contribution in [0, 0.1) is 0 Å². The highest BCUT2D eigenvalue weighted by atomic mass is 16.5. The molecule has 1 fully saturated rings. The molecule has 0 saturated carbocycles. The zero-order valence-electron chi connectivity index (χ0n) is 12.8. The van der Waals surface area contributed by atoms with E-state index >= 15 is 0 Å². The van der Waals surface area contributed by atoms with E-state index < -0.39 is 0 Å². The number of likely N-dealkylation sites (tertiary alicyclic amines) is 1. The molecule has 0 radical (unpaired) electrons. The molecular weight excluding hydrogens is 266 g/mol. The summed E-state index contributed by atoms with van der Waals surface area (Å²) in [5.74, 6) is 1.96. The Balaban J connectivity index is 1.69. The molecule has 2 aromatic heterocycles. The minimum atomic E-state index is 0.376. The van der Waals surface area contributed by atoms with E-state index in [1.165, 1.54) is 12.0 Å². The quantitative estimate of drug-likeness (QED) is 0.820. The highest BCUT2D eigenvalue weighted by Crippen LogP contribution is 2.34. The molecule has 0 spiro atoms. The minimum Gasteiger partial charge on any atom is -0.462 e. The number of aromatic nitrogens is 2. The Morgan fingerprint density at radius 2 is 2.33 bits per heavy atom. The Hall–Kier alpha value is -1.59. The van der Waals surface area contributed by atoms with Crippen LogP contribution in [0.4, 0.5) is 0 Å².